The molecule has 2 aliphatic rings. The Labute approximate surface area is 229 Å². The highest BCUT2D eigenvalue weighted by molar-refractivity contribution is 8.04. The number of likely N-dealkylation sites (N-methyl/N-ethyl adjacent to an activating group) is 1. The number of halogens is 3. The van der Waals surface area contributed by atoms with E-state index >= 15 is 0 Å². The van der Waals surface area contributed by atoms with E-state index in [0.29, 0.717) is 34.8 Å². The first-order valence-corrected chi connectivity index (χ1v) is 13.4. The van der Waals surface area contributed by atoms with Gasteiger partial charge in [0.25, 0.3) is 11.8 Å². The third-order valence-corrected chi connectivity index (χ3v) is 8.20. The smallest absolute Gasteiger partial charge is 0.365 e. The first kappa shape index (κ1) is 26.9. The summed E-state index contributed by atoms with van der Waals surface area (Å²) in [6, 6.07) is 18.6. The highest BCUT2D eigenvalue weighted by Crippen LogP contribution is 2.42. The average Bonchev–Trinajstić information content (AvgIpc) is 2.91. The first-order valence-electron chi connectivity index (χ1n) is 12.6. The second-order valence-electron chi connectivity index (χ2n) is 9.91. The fourth-order valence-electron chi connectivity index (χ4n) is 4.89. The number of nitrogens with zero attached hydrogens (tertiary/aromatic N) is 3. The summed E-state index contributed by atoms with van der Waals surface area (Å²) < 4.78 is 38.6. The van der Waals surface area contributed by atoms with E-state index in [2.05, 4.69) is 43.0 Å². The van der Waals surface area contributed by atoms with Crippen LogP contribution in [0.4, 0.5) is 24.5 Å². The van der Waals surface area contributed by atoms with Crippen molar-refractivity contribution < 1.29 is 22.8 Å². The molecule has 0 spiro atoms. The van der Waals surface area contributed by atoms with Crippen LogP contribution in [0.15, 0.2) is 76.5 Å². The zero-order valence-corrected chi connectivity index (χ0v) is 22.6. The van der Waals surface area contributed by atoms with Crippen molar-refractivity contribution in [2.24, 2.45) is 0 Å². The monoisotopic (exact) mass is 551 g/mol. The van der Waals surface area contributed by atoms with Crippen molar-refractivity contribution in [3.63, 3.8) is 0 Å². The number of fused-ring (bicyclic) bond motifs is 1. The number of anilines is 2. The number of hydrogen-bond acceptors (Lipinski definition) is 4. The number of benzene rings is 3. The van der Waals surface area contributed by atoms with Crippen LogP contribution in [0.25, 0.3) is 6.08 Å². The summed E-state index contributed by atoms with van der Waals surface area (Å²) in [5.74, 6) is -0.359. The van der Waals surface area contributed by atoms with Crippen LogP contribution in [0.1, 0.15) is 34.0 Å². The Balaban J connectivity index is 1.31. The average molecular weight is 552 g/mol. The van der Waals surface area contributed by atoms with Gasteiger partial charge in [0.15, 0.2) is 0 Å². The van der Waals surface area contributed by atoms with Gasteiger partial charge in [0.2, 0.25) is 0 Å². The second-order valence-corrected chi connectivity index (χ2v) is 11.0. The first-order chi connectivity index (χ1) is 18.5. The fraction of sp³-hybridized carbons (Fsp3) is 0.267. The minimum absolute atomic E-state index is 0.0786. The maximum absolute atomic E-state index is 13.4. The van der Waals surface area contributed by atoms with E-state index in [4.69, 9.17) is 0 Å². The van der Waals surface area contributed by atoms with Gasteiger partial charge in [-0.3, -0.25) is 9.59 Å². The number of aryl methyl sites for hydroxylation is 1. The van der Waals surface area contributed by atoms with Crippen molar-refractivity contribution in [1.29, 1.82) is 0 Å². The minimum atomic E-state index is -4.41. The number of amides is 2. The van der Waals surface area contributed by atoms with E-state index in [1.165, 1.54) is 34.4 Å². The maximum atomic E-state index is 13.4. The van der Waals surface area contributed by atoms with Crippen LogP contribution in [0, 0.1) is 6.92 Å². The van der Waals surface area contributed by atoms with E-state index in [9.17, 15) is 22.8 Å². The number of carbonyl (C=O) groups is 2. The van der Waals surface area contributed by atoms with Crippen molar-refractivity contribution >= 4 is 41.0 Å². The van der Waals surface area contributed by atoms with Gasteiger partial charge in [-0.1, -0.05) is 41.6 Å². The van der Waals surface area contributed by atoms with Crippen LogP contribution in [0.5, 0.6) is 0 Å². The minimum Gasteiger partial charge on any atom is -0.365 e. The van der Waals surface area contributed by atoms with E-state index in [-0.39, 0.29) is 17.9 Å². The van der Waals surface area contributed by atoms with Crippen molar-refractivity contribution in [3.05, 3.63) is 93.9 Å². The molecule has 202 valence electrons. The number of carbonyl (C=O) groups excluding carboxylic acids is 2. The zero-order chi connectivity index (χ0) is 27.9. The predicted octanol–water partition coefficient (Wildman–Crippen LogP) is 6.47. The topological polar surface area (TPSA) is 43.9 Å². The summed E-state index contributed by atoms with van der Waals surface area (Å²) in [5, 5.41) is 0. The van der Waals surface area contributed by atoms with Crippen molar-refractivity contribution in [1.82, 2.24) is 4.90 Å². The highest BCUT2D eigenvalue weighted by Gasteiger charge is 2.32. The summed E-state index contributed by atoms with van der Waals surface area (Å²) >= 11 is 1.24. The molecule has 0 radical (unpaired) electrons. The number of thioether (sulfide) groups is 1. The number of alkyl halides is 3. The summed E-state index contributed by atoms with van der Waals surface area (Å²) in [6.45, 7) is 6.08. The molecular weight excluding hydrogens is 523 g/mol. The quantitative estimate of drug-likeness (QED) is 0.350. The number of hydrogen-bond donors (Lipinski definition) is 0. The van der Waals surface area contributed by atoms with Crippen LogP contribution in [0.3, 0.4) is 0 Å². The van der Waals surface area contributed by atoms with Crippen molar-refractivity contribution in [2.45, 2.75) is 31.0 Å². The fourth-order valence-corrected chi connectivity index (χ4v) is 5.98. The zero-order valence-electron chi connectivity index (χ0n) is 21.8. The lowest BCUT2D eigenvalue weighted by atomic mass is 10.1. The molecule has 0 N–H and O–H groups in total. The molecule has 1 atom stereocenters. The summed E-state index contributed by atoms with van der Waals surface area (Å²) in [5.41, 5.74) is 3.26. The third kappa shape index (κ3) is 5.54. The Kier molecular flexibility index (Phi) is 7.20. The summed E-state index contributed by atoms with van der Waals surface area (Å²) in [4.78, 5) is 33.3. The largest absolute Gasteiger partial charge is 0.416 e. The van der Waals surface area contributed by atoms with Gasteiger partial charge in [-0.15, -0.1) is 0 Å². The Morgan fingerprint density at radius 2 is 1.69 bits per heavy atom. The molecule has 2 amide bonds. The molecule has 2 aliphatic heterocycles. The SMILES string of the molecule is Cc1ccc(N2CCN(C(=O)c3ccc4c(c3)N(C)C(=O)C(=Cc3ccc(C(F)(F)F)cc3)S4)CC2C)cc1. The Morgan fingerprint density at radius 3 is 2.33 bits per heavy atom. The van der Waals surface area contributed by atoms with Gasteiger partial charge in [-0.2, -0.15) is 13.2 Å². The molecule has 0 aliphatic carbocycles. The molecule has 0 bridgehead atoms. The second kappa shape index (κ2) is 10.4. The maximum Gasteiger partial charge on any atom is 0.416 e. The Morgan fingerprint density at radius 1 is 1.00 bits per heavy atom. The molecule has 3 aromatic rings. The molecule has 3 aromatic carbocycles. The molecule has 0 saturated carbocycles. The van der Waals surface area contributed by atoms with Gasteiger partial charge >= 0.3 is 6.18 Å². The van der Waals surface area contributed by atoms with Crippen LogP contribution in [0.2, 0.25) is 0 Å². The molecule has 39 heavy (non-hydrogen) atoms. The van der Waals surface area contributed by atoms with E-state index in [0.717, 1.165) is 29.3 Å². The standard InChI is InChI=1S/C30H28F3N3O2S/c1-19-4-11-24(12-5-19)36-15-14-35(18-20(36)2)28(37)22-8-13-26-25(17-22)34(3)29(38)27(39-26)16-21-6-9-23(10-7-21)30(31,32)33/h4-13,16-17,20H,14-15,18H2,1-3H3. The van der Waals surface area contributed by atoms with Crippen molar-refractivity contribution in [3.8, 4) is 0 Å². The van der Waals surface area contributed by atoms with Gasteiger partial charge in [0, 0.05) is 48.9 Å². The molecule has 0 aromatic heterocycles. The molecule has 1 unspecified atom stereocenters. The van der Waals surface area contributed by atoms with Gasteiger partial charge < -0.3 is 14.7 Å². The molecule has 1 fully saturated rings. The van der Waals surface area contributed by atoms with E-state index in [1.807, 2.05) is 11.0 Å². The predicted molar refractivity (Wildman–Crippen MR) is 149 cm³/mol. The van der Waals surface area contributed by atoms with Crippen LogP contribution >= 0.6 is 11.8 Å². The molecule has 5 rings (SSSR count). The van der Waals surface area contributed by atoms with Gasteiger partial charge in [0.1, 0.15) is 0 Å². The molecular formula is C30H28F3N3O2S. The summed E-state index contributed by atoms with van der Waals surface area (Å²) in [7, 11) is 1.64. The van der Waals surface area contributed by atoms with Gasteiger partial charge in [-0.25, -0.2) is 0 Å². The van der Waals surface area contributed by atoms with Gasteiger partial charge in [0.05, 0.1) is 16.2 Å². The van der Waals surface area contributed by atoms with E-state index in [1.54, 1.807) is 25.3 Å². The highest BCUT2D eigenvalue weighted by atomic mass is 32.2. The number of rotatable bonds is 3. The molecule has 1 saturated heterocycles. The molecule has 9 heteroatoms. The van der Waals surface area contributed by atoms with Crippen molar-refractivity contribution in [2.75, 3.05) is 36.5 Å². The lowest BCUT2D eigenvalue weighted by Crippen LogP contribution is -2.53. The normalized spacial score (nSPS) is 18.9. The lowest BCUT2D eigenvalue weighted by molar-refractivity contribution is -0.137. The van der Waals surface area contributed by atoms with E-state index < -0.39 is 11.7 Å². The van der Waals surface area contributed by atoms with Crippen LogP contribution < -0.4 is 9.80 Å². The Hall–Kier alpha value is -3.72. The van der Waals surface area contributed by atoms with Crippen LogP contribution in [-0.4, -0.2) is 49.4 Å². The lowest BCUT2D eigenvalue weighted by Gasteiger charge is -2.41. The molecule has 5 nitrogen and oxygen atoms in total. The van der Waals surface area contributed by atoms with Gasteiger partial charge in [-0.05, 0) is 68.0 Å². The van der Waals surface area contributed by atoms with Crippen LogP contribution in [-0.2, 0) is 11.0 Å². The molecule has 2 heterocycles. The number of piperazine rings is 1. The Bertz CT molecular complexity index is 1440. The summed E-state index contributed by atoms with van der Waals surface area (Å²) in [6.07, 6.45) is -2.83. The third-order valence-electron chi connectivity index (χ3n) is 7.12.